The van der Waals surface area contributed by atoms with E-state index in [9.17, 15) is 0 Å². The van der Waals surface area contributed by atoms with Crippen LogP contribution in [0.15, 0.2) is 48.5 Å². The maximum Gasteiger partial charge on any atom is 0.0721 e. The molecule has 0 amide bonds. The van der Waals surface area contributed by atoms with Crippen LogP contribution in [0.25, 0.3) is 0 Å². The predicted molar refractivity (Wildman–Crippen MR) is 115 cm³/mol. The van der Waals surface area contributed by atoms with Crippen molar-refractivity contribution in [2.75, 3.05) is 10.7 Å². The molecule has 2 aromatic carbocycles. The molecule has 0 unspecified atom stereocenters. The second kappa shape index (κ2) is 12.7. The maximum atomic E-state index is 5.87. The highest BCUT2D eigenvalue weighted by Gasteiger charge is 1.99. The molecule has 0 heterocycles. The summed E-state index contributed by atoms with van der Waals surface area (Å²) in [6, 6.07) is 17.7. The van der Waals surface area contributed by atoms with Gasteiger partial charge in [0.05, 0.1) is 13.2 Å². The summed E-state index contributed by atoms with van der Waals surface area (Å²) in [6.07, 6.45) is 7.28. The SMILES string of the molecule is BrCCCCc1ccc(COCc2ccc(CCCCBr)cc2)cc1. The second-order valence-electron chi connectivity index (χ2n) is 6.42. The summed E-state index contributed by atoms with van der Waals surface area (Å²) in [7, 11) is 0. The third-order valence-electron chi connectivity index (χ3n) is 4.28. The number of benzene rings is 2. The molecule has 136 valence electrons. The molecule has 0 N–H and O–H groups in total. The third kappa shape index (κ3) is 8.52. The third-order valence-corrected chi connectivity index (χ3v) is 5.40. The maximum absolute atomic E-state index is 5.87. The van der Waals surface area contributed by atoms with E-state index >= 15 is 0 Å². The number of halogens is 2. The number of hydrogen-bond donors (Lipinski definition) is 0. The van der Waals surface area contributed by atoms with Crippen molar-refractivity contribution in [3.05, 3.63) is 70.8 Å². The van der Waals surface area contributed by atoms with E-state index in [1.54, 1.807) is 0 Å². The summed E-state index contributed by atoms with van der Waals surface area (Å²) < 4.78 is 5.87. The molecule has 0 aliphatic rings. The minimum absolute atomic E-state index is 0.675. The van der Waals surface area contributed by atoms with Crippen molar-refractivity contribution in [1.82, 2.24) is 0 Å². The minimum Gasteiger partial charge on any atom is -0.372 e. The van der Waals surface area contributed by atoms with Crippen LogP contribution in [-0.4, -0.2) is 10.7 Å². The zero-order chi connectivity index (χ0) is 17.7. The Hall–Kier alpha value is -0.640. The van der Waals surface area contributed by atoms with Crippen LogP contribution in [0.4, 0.5) is 0 Å². The molecule has 1 nitrogen and oxygen atoms in total. The quantitative estimate of drug-likeness (QED) is 0.245. The van der Waals surface area contributed by atoms with Gasteiger partial charge in [-0.3, -0.25) is 0 Å². The van der Waals surface area contributed by atoms with Gasteiger partial charge in [-0.25, -0.2) is 0 Å². The molecule has 0 saturated heterocycles. The molecule has 2 aromatic rings. The Labute approximate surface area is 169 Å². The van der Waals surface area contributed by atoms with Crippen LogP contribution in [0.5, 0.6) is 0 Å². The van der Waals surface area contributed by atoms with Gasteiger partial charge in [0.2, 0.25) is 0 Å². The van der Waals surface area contributed by atoms with Crippen LogP contribution in [0.2, 0.25) is 0 Å². The van der Waals surface area contributed by atoms with Gasteiger partial charge in [-0.1, -0.05) is 80.4 Å². The molecule has 0 fully saturated rings. The lowest BCUT2D eigenvalue weighted by Gasteiger charge is -2.07. The Balaban J connectivity index is 1.69. The van der Waals surface area contributed by atoms with E-state index in [-0.39, 0.29) is 0 Å². The standard InChI is InChI=1S/C22H28Br2O/c23-15-3-1-5-19-7-11-21(12-8-19)17-25-18-22-13-9-20(10-14-22)6-2-4-16-24/h7-14H,1-6,15-18H2. The molecule has 0 spiro atoms. The van der Waals surface area contributed by atoms with Crippen LogP contribution in [0.1, 0.15) is 47.9 Å². The summed E-state index contributed by atoms with van der Waals surface area (Å²) in [5.41, 5.74) is 5.33. The van der Waals surface area contributed by atoms with E-state index in [0.717, 1.165) is 23.5 Å². The van der Waals surface area contributed by atoms with E-state index in [2.05, 4.69) is 80.4 Å². The Morgan fingerprint density at radius 1 is 0.520 bits per heavy atom. The summed E-state index contributed by atoms with van der Waals surface area (Å²) >= 11 is 6.96. The fraction of sp³-hybridized carbons (Fsp3) is 0.455. The van der Waals surface area contributed by atoms with Crippen molar-refractivity contribution in [1.29, 1.82) is 0 Å². The summed E-state index contributed by atoms with van der Waals surface area (Å²) in [5, 5.41) is 2.19. The second-order valence-corrected chi connectivity index (χ2v) is 8.00. The lowest BCUT2D eigenvalue weighted by molar-refractivity contribution is 0.107. The summed E-state index contributed by atoms with van der Waals surface area (Å²) in [5.74, 6) is 0. The molecular formula is C22H28Br2O. The van der Waals surface area contributed by atoms with Gasteiger partial charge in [-0.05, 0) is 60.8 Å². The highest BCUT2D eigenvalue weighted by Crippen LogP contribution is 2.12. The highest BCUT2D eigenvalue weighted by molar-refractivity contribution is 9.09. The van der Waals surface area contributed by atoms with Gasteiger partial charge < -0.3 is 4.74 Å². The average molecular weight is 468 g/mol. The number of unbranched alkanes of at least 4 members (excludes halogenated alkanes) is 2. The zero-order valence-corrected chi connectivity index (χ0v) is 18.0. The number of ether oxygens (including phenoxy) is 1. The van der Waals surface area contributed by atoms with Crippen LogP contribution in [-0.2, 0) is 30.8 Å². The Morgan fingerprint density at radius 2 is 0.880 bits per heavy atom. The van der Waals surface area contributed by atoms with Gasteiger partial charge in [-0.15, -0.1) is 0 Å². The molecule has 25 heavy (non-hydrogen) atoms. The smallest absolute Gasteiger partial charge is 0.0721 e. The van der Waals surface area contributed by atoms with Crippen LogP contribution < -0.4 is 0 Å². The first-order valence-corrected chi connectivity index (χ1v) is 11.4. The fourth-order valence-electron chi connectivity index (χ4n) is 2.74. The number of rotatable bonds is 12. The minimum atomic E-state index is 0.675. The first-order chi connectivity index (χ1) is 12.3. The van der Waals surface area contributed by atoms with Gasteiger partial charge in [-0.2, -0.15) is 0 Å². The molecule has 0 bridgehead atoms. The fourth-order valence-corrected chi connectivity index (χ4v) is 3.53. The lowest BCUT2D eigenvalue weighted by Crippen LogP contribution is -1.95. The lowest BCUT2D eigenvalue weighted by atomic mass is 10.1. The van der Waals surface area contributed by atoms with Crippen molar-refractivity contribution < 1.29 is 4.74 Å². The molecule has 0 radical (unpaired) electrons. The highest BCUT2D eigenvalue weighted by atomic mass is 79.9. The summed E-state index contributed by atoms with van der Waals surface area (Å²) in [4.78, 5) is 0. The molecule has 0 aliphatic heterocycles. The predicted octanol–water partition coefficient (Wildman–Crippen LogP) is 6.84. The van der Waals surface area contributed by atoms with E-state index < -0.39 is 0 Å². The van der Waals surface area contributed by atoms with E-state index in [0.29, 0.717) is 13.2 Å². The van der Waals surface area contributed by atoms with Crippen molar-refractivity contribution in [2.45, 2.75) is 51.7 Å². The molecule has 3 heteroatoms. The van der Waals surface area contributed by atoms with Gasteiger partial charge in [0.25, 0.3) is 0 Å². The number of aryl methyl sites for hydroxylation is 2. The van der Waals surface area contributed by atoms with E-state index in [4.69, 9.17) is 4.74 Å². The topological polar surface area (TPSA) is 9.23 Å². The number of alkyl halides is 2. The first kappa shape index (κ1) is 20.7. The van der Waals surface area contributed by atoms with E-state index in [1.807, 2.05) is 0 Å². The molecule has 0 saturated carbocycles. The van der Waals surface area contributed by atoms with E-state index in [1.165, 1.54) is 47.9 Å². The van der Waals surface area contributed by atoms with Crippen molar-refractivity contribution in [3.8, 4) is 0 Å². The molecule has 0 aromatic heterocycles. The molecule has 2 rings (SSSR count). The molecular weight excluding hydrogens is 440 g/mol. The van der Waals surface area contributed by atoms with Gasteiger partial charge in [0.15, 0.2) is 0 Å². The first-order valence-electron chi connectivity index (χ1n) is 9.17. The summed E-state index contributed by atoms with van der Waals surface area (Å²) in [6.45, 7) is 1.35. The van der Waals surface area contributed by atoms with Crippen molar-refractivity contribution >= 4 is 31.9 Å². The average Bonchev–Trinajstić information content (AvgIpc) is 2.65. The largest absolute Gasteiger partial charge is 0.372 e. The Morgan fingerprint density at radius 3 is 1.24 bits per heavy atom. The Bertz CT molecular complexity index is 524. The normalized spacial score (nSPS) is 11.0. The van der Waals surface area contributed by atoms with Gasteiger partial charge >= 0.3 is 0 Å². The zero-order valence-electron chi connectivity index (χ0n) is 14.9. The van der Waals surface area contributed by atoms with Crippen molar-refractivity contribution in [3.63, 3.8) is 0 Å². The molecule has 0 aliphatic carbocycles. The van der Waals surface area contributed by atoms with Crippen LogP contribution in [0.3, 0.4) is 0 Å². The van der Waals surface area contributed by atoms with Crippen LogP contribution in [0, 0.1) is 0 Å². The van der Waals surface area contributed by atoms with Gasteiger partial charge in [0, 0.05) is 10.7 Å². The Kier molecular flexibility index (Phi) is 10.5. The van der Waals surface area contributed by atoms with Crippen molar-refractivity contribution in [2.24, 2.45) is 0 Å². The number of hydrogen-bond acceptors (Lipinski definition) is 1. The van der Waals surface area contributed by atoms with Crippen LogP contribution >= 0.6 is 31.9 Å². The monoisotopic (exact) mass is 466 g/mol. The molecule has 0 atom stereocenters. The van der Waals surface area contributed by atoms with Gasteiger partial charge in [0.1, 0.15) is 0 Å².